The maximum atomic E-state index is 9.17. The predicted octanol–water partition coefficient (Wildman–Crippen LogP) is 4.29. The Morgan fingerprint density at radius 2 is 1.89 bits per heavy atom. The van der Waals surface area contributed by atoms with E-state index in [1.54, 1.807) is 18.2 Å². The third kappa shape index (κ3) is 5.39. The highest BCUT2D eigenvalue weighted by molar-refractivity contribution is 5.26. The molecule has 0 heterocycles. The maximum Gasteiger partial charge on any atom is 0.115 e. The van der Waals surface area contributed by atoms with Crippen molar-refractivity contribution in [2.45, 2.75) is 25.7 Å². The van der Waals surface area contributed by atoms with Gasteiger partial charge < -0.3 is 10.2 Å². The summed E-state index contributed by atoms with van der Waals surface area (Å²) < 4.78 is 0. The molecule has 0 unspecified atom stereocenters. The van der Waals surface area contributed by atoms with E-state index in [2.05, 4.69) is 6.58 Å². The van der Waals surface area contributed by atoms with Crippen LogP contribution in [0.4, 0.5) is 0 Å². The zero-order valence-electron chi connectivity index (χ0n) is 10.5. The van der Waals surface area contributed by atoms with Gasteiger partial charge in [0.15, 0.2) is 0 Å². The van der Waals surface area contributed by atoms with Crippen molar-refractivity contribution in [3.8, 4) is 5.75 Å². The van der Waals surface area contributed by atoms with E-state index < -0.39 is 0 Å². The third-order valence-electron chi connectivity index (χ3n) is 2.78. The van der Waals surface area contributed by atoms with Crippen LogP contribution in [-0.2, 0) is 6.42 Å². The van der Waals surface area contributed by atoms with E-state index >= 15 is 0 Å². The first kappa shape index (κ1) is 14.1. The highest BCUT2D eigenvalue weighted by atomic mass is 16.3. The summed E-state index contributed by atoms with van der Waals surface area (Å²) in [5.41, 5.74) is 2.37. The molecular weight excluding hydrogens is 224 g/mol. The van der Waals surface area contributed by atoms with Crippen LogP contribution in [0.2, 0.25) is 0 Å². The molecule has 2 heteroatoms. The molecular formula is C16H20O2. The fraction of sp³-hybridized carbons (Fsp3) is 0.250. The average molecular weight is 244 g/mol. The first-order valence-corrected chi connectivity index (χ1v) is 6.16. The highest BCUT2D eigenvalue weighted by Crippen LogP contribution is 2.14. The average Bonchev–Trinajstić information content (AvgIpc) is 2.40. The number of phenolic OH excluding ortho intramolecular Hbond substituents is 1. The largest absolute Gasteiger partial charge is 0.516 e. The smallest absolute Gasteiger partial charge is 0.115 e. The summed E-state index contributed by atoms with van der Waals surface area (Å²) in [4.78, 5) is 0. The standard InChI is InChI=1S/C16H20O2/c1-2-14(8-5-13-17)6-3-4-7-15-9-11-16(18)12-10-15/h2,5,8-13,17-18H,1,3-4,6-7H2/b13-5+,14-8+. The fourth-order valence-electron chi connectivity index (χ4n) is 1.74. The second-order valence-electron chi connectivity index (χ2n) is 4.16. The zero-order chi connectivity index (χ0) is 13.2. The molecule has 2 N–H and O–H groups in total. The van der Waals surface area contributed by atoms with E-state index in [1.165, 1.54) is 5.56 Å². The fourth-order valence-corrected chi connectivity index (χ4v) is 1.74. The molecule has 0 aliphatic heterocycles. The molecule has 0 atom stereocenters. The number of aromatic hydroxyl groups is 1. The van der Waals surface area contributed by atoms with Crippen molar-refractivity contribution >= 4 is 0 Å². The molecule has 0 saturated carbocycles. The van der Waals surface area contributed by atoms with Gasteiger partial charge in [-0.05, 0) is 55.0 Å². The molecule has 96 valence electrons. The summed E-state index contributed by atoms with van der Waals surface area (Å²) >= 11 is 0. The number of hydrogen-bond donors (Lipinski definition) is 2. The topological polar surface area (TPSA) is 40.5 Å². The lowest BCUT2D eigenvalue weighted by atomic mass is 10.0. The molecule has 0 aliphatic carbocycles. The van der Waals surface area contributed by atoms with Crippen LogP contribution in [0.15, 0.2) is 60.9 Å². The van der Waals surface area contributed by atoms with Gasteiger partial charge >= 0.3 is 0 Å². The van der Waals surface area contributed by atoms with Gasteiger partial charge in [0.05, 0.1) is 6.26 Å². The van der Waals surface area contributed by atoms with Crippen LogP contribution in [0.3, 0.4) is 0 Å². The van der Waals surface area contributed by atoms with Gasteiger partial charge in [0.1, 0.15) is 5.75 Å². The number of rotatable bonds is 7. The van der Waals surface area contributed by atoms with E-state index in [0.717, 1.165) is 37.5 Å². The number of aliphatic hydroxyl groups excluding tert-OH is 1. The molecule has 18 heavy (non-hydrogen) atoms. The van der Waals surface area contributed by atoms with Crippen molar-refractivity contribution in [1.82, 2.24) is 0 Å². The molecule has 0 aliphatic rings. The summed E-state index contributed by atoms with van der Waals surface area (Å²) in [7, 11) is 0. The van der Waals surface area contributed by atoms with Gasteiger partial charge in [-0.25, -0.2) is 0 Å². The molecule has 2 nitrogen and oxygen atoms in total. The summed E-state index contributed by atoms with van der Waals surface area (Å²) in [6.45, 7) is 3.75. The normalized spacial score (nSPS) is 11.9. The van der Waals surface area contributed by atoms with Gasteiger partial charge in [0.25, 0.3) is 0 Å². The lowest BCUT2D eigenvalue weighted by Crippen LogP contribution is -1.86. The summed E-state index contributed by atoms with van der Waals surface area (Å²) in [5.74, 6) is 0.311. The van der Waals surface area contributed by atoms with E-state index in [-0.39, 0.29) is 0 Å². The Kier molecular flexibility index (Phi) is 6.41. The molecule has 0 bridgehead atoms. The van der Waals surface area contributed by atoms with Gasteiger partial charge in [0.2, 0.25) is 0 Å². The number of unbranched alkanes of at least 4 members (excludes halogenated alkanes) is 1. The van der Waals surface area contributed by atoms with Crippen molar-refractivity contribution in [3.05, 3.63) is 66.5 Å². The summed E-state index contributed by atoms with van der Waals surface area (Å²) in [5, 5.41) is 17.7. The van der Waals surface area contributed by atoms with Crippen LogP contribution >= 0.6 is 0 Å². The predicted molar refractivity (Wildman–Crippen MR) is 75.7 cm³/mol. The monoisotopic (exact) mass is 244 g/mol. The minimum Gasteiger partial charge on any atom is -0.516 e. The van der Waals surface area contributed by atoms with Crippen molar-refractivity contribution in [1.29, 1.82) is 0 Å². The first-order chi connectivity index (χ1) is 8.76. The van der Waals surface area contributed by atoms with Gasteiger partial charge in [-0.3, -0.25) is 0 Å². The minimum atomic E-state index is 0.311. The molecule has 1 rings (SSSR count). The van der Waals surface area contributed by atoms with E-state index in [0.29, 0.717) is 5.75 Å². The van der Waals surface area contributed by atoms with Crippen LogP contribution in [0.1, 0.15) is 24.8 Å². The van der Waals surface area contributed by atoms with E-state index in [9.17, 15) is 0 Å². The third-order valence-corrected chi connectivity index (χ3v) is 2.78. The Hall–Kier alpha value is -1.96. The summed E-state index contributed by atoms with van der Waals surface area (Å²) in [6.07, 6.45) is 10.5. The molecule has 0 aromatic heterocycles. The molecule has 0 radical (unpaired) electrons. The Morgan fingerprint density at radius 1 is 1.17 bits per heavy atom. The van der Waals surface area contributed by atoms with Crippen molar-refractivity contribution in [2.24, 2.45) is 0 Å². The summed E-state index contributed by atoms with van der Waals surface area (Å²) in [6, 6.07) is 7.34. The van der Waals surface area contributed by atoms with Crippen molar-refractivity contribution in [2.75, 3.05) is 0 Å². The Bertz CT molecular complexity index is 413. The van der Waals surface area contributed by atoms with Gasteiger partial charge in [-0.1, -0.05) is 30.9 Å². The van der Waals surface area contributed by atoms with Crippen LogP contribution in [0, 0.1) is 0 Å². The number of benzene rings is 1. The van der Waals surface area contributed by atoms with E-state index in [1.807, 2.05) is 24.3 Å². The molecule has 0 spiro atoms. The second kappa shape index (κ2) is 8.18. The Morgan fingerprint density at radius 3 is 2.50 bits per heavy atom. The molecule has 1 aromatic rings. The molecule has 0 amide bonds. The number of phenols is 1. The van der Waals surface area contributed by atoms with Gasteiger partial charge in [-0.2, -0.15) is 0 Å². The van der Waals surface area contributed by atoms with E-state index in [4.69, 9.17) is 10.2 Å². The quantitative estimate of drug-likeness (QED) is 0.427. The molecule has 1 aromatic carbocycles. The maximum absolute atomic E-state index is 9.17. The zero-order valence-corrected chi connectivity index (χ0v) is 10.5. The van der Waals surface area contributed by atoms with Crippen molar-refractivity contribution in [3.63, 3.8) is 0 Å². The number of hydrogen-bond acceptors (Lipinski definition) is 2. The minimum absolute atomic E-state index is 0.311. The first-order valence-electron chi connectivity index (χ1n) is 6.16. The lowest BCUT2D eigenvalue weighted by Gasteiger charge is -2.03. The van der Waals surface area contributed by atoms with Gasteiger partial charge in [-0.15, -0.1) is 0 Å². The van der Waals surface area contributed by atoms with Crippen molar-refractivity contribution < 1.29 is 10.2 Å². The Labute approximate surface area is 109 Å². The van der Waals surface area contributed by atoms with Crippen LogP contribution in [0.5, 0.6) is 5.75 Å². The number of aryl methyl sites for hydroxylation is 1. The van der Waals surface area contributed by atoms with Crippen LogP contribution < -0.4 is 0 Å². The number of aliphatic hydroxyl groups is 1. The Balaban J connectivity index is 2.29. The lowest BCUT2D eigenvalue weighted by molar-refractivity contribution is 0.473. The molecule has 0 saturated heterocycles. The highest BCUT2D eigenvalue weighted by Gasteiger charge is 1.96. The SMILES string of the molecule is C=C/C(=C\C=C\O)CCCCc1ccc(O)cc1. The van der Waals surface area contributed by atoms with Gasteiger partial charge in [0, 0.05) is 0 Å². The molecule has 0 fully saturated rings. The van der Waals surface area contributed by atoms with Crippen LogP contribution in [0.25, 0.3) is 0 Å². The van der Waals surface area contributed by atoms with Crippen LogP contribution in [-0.4, -0.2) is 10.2 Å². The number of allylic oxidation sites excluding steroid dienone is 4. The second-order valence-corrected chi connectivity index (χ2v) is 4.16.